The molecule has 0 heterocycles. The summed E-state index contributed by atoms with van der Waals surface area (Å²) in [5.74, 6) is 1.46. The molecule has 0 amide bonds. The number of sulfonamides is 1. The molecule has 4 aromatic carbocycles. The molecule has 4 rings (SSSR count). The standard InChI is InChI=1S/C31H31NO5S2/c1-22(2)27-20-29(28(31(33)36-3)21-30(27)38-19-18-23-10-6-4-7-11-23)32-39(34,35)26-16-14-25(15-17-26)37-24-12-8-5-9-13-24/h4-17,20-22,32H,18-19H2,1-3H3. The number of carbonyl (C=O) groups is 1. The highest BCUT2D eigenvalue weighted by molar-refractivity contribution is 7.99. The number of aryl methyl sites for hydroxylation is 1. The second-order valence-electron chi connectivity index (χ2n) is 9.16. The van der Waals surface area contributed by atoms with Crippen LogP contribution in [0.25, 0.3) is 0 Å². The summed E-state index contributed by atoms with van der Waals surface area (Å²) in [7, 11) is -2.71. The highest BCUT2D eigenvalue weighted by Gasteiger charge is 2.23. The Labute approximate surface area is 234 Å². The highest BCUT2D eigenvalue weighted by atomic mass is 32.2. The molecule has 0 fully saturated rings. The molecule has 4 aromatic rings. The molecule has 6 nitrogen and oxygen atoms in total. The number of thioether (sulfide) groups is 1. The van der Waals surface area contributed by atoms with Crippen LogP contribution >= 0.6 is 11.8 Å². The second kappa shape index (κ2) is 12.9. The molecule has 0 atom stereocenters. The van der Waals surface area contributed by atoms with E-state index in [4.69, 9.17) is 9.47 Å². The van der Waals surface area contributed by atoms with E-state index in [0.717, 1.165) is 22.6 Å². The van der Waals surface area contributed by atoms with Gasteiger partial charge in [0.25, 0.3) is 10.0 Å². The van der Waals surface area contributed by atoms with E-state index >= 15 is 0 Å². The van der Waals surface area contributed by atoms with Gasteiger partial charge in [-0.05, 0) is 72.0 Å². The summed E-state index contributed by atoms with van der Waals surface area (Å²) in [5, 5.41) is 0. The lowest BCUT2D eigenvalue weighted by Crippen LogP contribution is -2.17. The van der Waals surface area contributed by atoms with Crippen molar-refractivity contribution in [3.05, 3.63) is 114 Å². The van der Waals surface area contributed by atoms with Gasteiger partial charge in [-0.1, -0.05) is 62.4 Å². The molecule has 0 aromatic heterocycles. The van der Waals surface area contributed by atoms with Gasteiger partial charge in [-0.25, -0.2) is 13.2 Å². The topological polar surface area (TPSA) is 81.7 Å². The van der Waals surface area contributed by atoms with Gasteiger partial charge in [0.15, 0.2) is 0 Å². The van der Waals surface area contributed by atoms with Gasteiger partial charge in [0, 0.05) is 10.6 Å². The zero-order chi connectivity index (χ0) is 27.8. The molecule has 0 bridgehead atoms. The average molecular weight is 562 g/mol. The molecule has 0 aliphatic heterocycles. The van der Waals surface area contributed by atoms with Crippen molar-refractivity contribution in [3.8, 4) is 11.5 Å². The van der Waals surface area contributed by atoms with Gasteiger partial charge in [0.2, 0.25) is 0 Å². The SMILES string of the molecule is COC(=O)c1cc(SCCc2ccccc2)c(C(C)C)cc1NS(=O)(=O)c1ccc(Oc2ccccc2)cc1. The molecular formula is C31H31NO5S2. The van der Waals surface area contributed by atoms with Crippen LogP contribution in [0.4, 0.5) is 5.69 Å². The van der Waals surface area contributed by atoms with E-state index in [1.54, 1.807) is 36.0 Å². The lowest BCUT2D eigenvalue weighted by molar-refractivity contribution is 0.0601. The number of hydrogen-bond acceptors (Lipinski definition) is 6. The van der Waals surface area contributed by atoms with E-state index < -0.39 is 16.0 Å². The number of esters is 1. The summed E-state index contributed by atoms with van der Waals surface area (Å²) in [6, 6.07) is 29.0. The van der Waals surface area contributed by atoms with Crippen molar-refractivity contribution in [1.29, 1.82) is 0 Å². The van der Waals surface area contributed by atoms with Crippen LogP contribution in [0.1, 0.15) is 41.3 Å². The minimum atomic E-state index is -4.00. The van der Waals surface area contributed by atoms with Crippen LogP contribution in [0.2, 0.25) is 0 Å². The molecular weight excluding hydrogens is 530 g/mol. The first-order valence-corrected chi connectivity index (χ1v) is 15.0. The van der Waals surface area contributed by atoms with Crippen molar-refractivity contribution < 1.29 is 22.7 Å². The van der Waals surface area contributed by atoms with E-state index in [0.29, 0.717) is 11.5 Å². The fourth-order valence-electron chi connectivity index (χ4n) is 3.97. The fourth-order valence-corrected chi connectivity index (χ4v) is 6.27. The number of methoxy groups -OCH3 is 1. The lowest BCUT2D eigenvalue weighted by atomic mass is 10.00. The molecule has 39 heavy (non-hydrogen) atoms. The Hall–Kier alpha value is -3.75. The molecule has 8 heteroatoms. The maximum Gasteiger partial charge on any atom is 0.340 e. The largest absolute Gasteiger partial charge is 0.465 e. The van der Waals surface area contributed by atoms with Crippen LogP contribution < -0.4 is 9.46 Å². The third-order valence-electron chi connectivity index (χ3n) is 6.03. The zero-order valence-corrected chi connectivity index (χ0v) is 23.7. The number of para-hydroxylation sites is 1. The molecule has 0 aliphatic rings. The minimum absolute atomic E-state index is 0.0473. The number of anilines is 1. The molecule has 0 saturated heterocycles. The molecule has 0 radical (unpaired) electrons. The van der Waals surface area contributed by atoms with Gasteiger partial charge < -0.3 is 9.47 Å². The van der Waals surface area contributed by atoms with E-state index in [9.17, 15) is 13.2 Å². The Balaban J connectivity index is 1.58. The minimum Gasteiger partial charge on any atom is -0.465 e. The fraction of sp³-hybridized carbons (Fsp3) is 0.194. The Kier molecular flexibility index (Phi) is 9.32. The predicted molar refractivity (Wildman–Crippen MR) is 157 cm³/mol. The molecule has 0 spiro atoms. The van der Waals surface area contributed by atoms with E-state index in [1.165, 1.54) is 24.8 Å². The number of carbonyl (C=O) groups excluding carboxylic acids is 1. The van der Waals surface area contributed by atoms with Gasteiger partial charge >= 0.3 is 5.97 Å². The van der Waals surface area contributed by atoms with Crippen molar-refractivity contribution in [2.45, 2.75) is 36.0 Å². The Morgan fingerprint density at radius 2 is 1.49 bits per heavy atom. The van der Waals surface area contributed by atoms with Crippen LogP contribution in [0.15, 0.2) is 107 Å². The van der Waals surface area contributed by atoms with Crippen LogP contribution in [0.5, 0.6) is 11.5 Å². The average Bonchev–Trinajstić information content (AvgIpc) is 2.94. The molecule has 202 valence electrons. The summed E-state index contributed by atoms with van der Waals surface area (Å²) in [4.78, 5) is 13.7. The van der Waals surface area contributed by atoms with Crippen molar-refractivity contribution >= 4 is 33.4 Å². The number of benzene rings is 4. The van der Waals surface area contributed by atoms with Crippen LogP contribution in [-0.2, 0) is 21.2 Å². The number of rotatable bonds is 11. The molecule has 1 N–H and O–H groups in total. The molecule has 0 aliphatic carbocycles. The summed E-state index contributed by atoms with van der Waals surface area (Å²) in [6.07, 6.45) is 0.870. The van der Waals surface area contributed by atoms with E-state index in [2.05, 4.69) is 16.9 Å². The maximum atomic E-state index is 13.3. The summed E-state index contributed by atoms with van der Waals surface area (Å²) in [6.45, 7) is 4.08. The Morgan fingerprint density at radius 1 is 0.872 bits per heavy atom. The smallest absolute Gasteiger partial charge is 0.340 e. The zero-order valence-electron chi connectivity index (χ0n) is 22.1. The van der Waals surface area contributed by atoms with Crippen molar-refractivity contribution in [1.82, 2.24) is 0 Å². The third kappa shape index (κ3) is 7.43. The quantitative estimate of drug-likeness (QED) is 0.151. The first kappa shape index (κ1) is 28.3. The van der Waals surface area contributed by atoms with Crippen molar-refractivity contribution in [2.24, 2.45) is 0 Å². The number of nitrogens with one attached hydrogen (secondary N) is 1. The van der Waals surface area contributed by atoms with Crippen LogP contribution in [0.3, 0.4) is 0 Å². The predicted octanol–water partition coefficient (Wildman–Crippen LogP) is 7.52. The summed E-state index contributed by atoms with van der Waals surface area (Å²) in [5.41, 5.74) is 2.53. The van der Waals surface area contributed by atoms with Gasteiger partial charge in [-0.15, -0.1) is 11.8 Å². The third-order valence-corrected chi connectivity index (χ3v) is 8.48. The van der Waals surface area contributed by atoms with Gasteiger partial charge in [-0.3, -0.25) is 4.72 Å². The first-order valence-electron chi connectivity index (χ1n) is 12.6. The number of ether oxygens (including phenoxy) is 2. The van der Waals surface area contributed by atoms with E-state index in [-0.39, 0.29) is 22.1 Å². The first-order chi connectivity index (χ1) is 18.8. The Morgan fingerprint density at radius 3 is 2.10 bits per heavy atom. The normalized spacial score (nSPS) is 11.3. The van der Waals surface area contributed by atoms with Crippen molar-refractivity contribution in [2.75, 3.05) is 17.6 Å². The molecule has 0 unspecified atom stereocenters. The summed E-state index contributed by atoms with van der Waals surface area (Å²) >= 11 is 1.64. The monoisotopic (exact) mass is 561 g/mol. The van der Waals surface area contributed by atoms with E-state index in [1.807, 2.05) is 62.4 Å². The van der Waals surface area contributed by atoms with Crippen LogP contribution in [0, 0.1) is 0 Å². The Bertz CT molecular complexity index is 1500. The van der Waals surface area contributed by atoms with Gasteiger partial charge in [-0.2, -0.15) is 0 Å². The second-order valence-corrected chi connectivity index (χ2v) is 12.0. The highest BCUT2D eigenvalue weighted by Crippen LogP contribution is 2.35. The molecule has 0 saturated carbocycles. The van der Waals surface area contributed by atoms with Gasteiger partial charge in [0.1, 0.15) is 11.5 Å². The van der Waals surface area contributed by atoms with Crippen LogP contribution in [-0.4, -0.2) is 27.2 Å². The number of hydrogen-bond donors (Lipinski definition) is 1. The summed E-state index contributed by atoms with van der Waals surface area (Å²) < 4.78 is 40.0. The maximum absolute atomic E-state index is 13.3. The van der Waals surface area contributed by atoms with Gasteiger partial charge in [0.05, 0.1) is 23.3 Å². The van der Waals surface area contributed by atoms with Crippen molar-refractivity contribution in [3.63, 3.8) is 0 Å². The lowest BCUT2D eigenvalue weighted by Gasteiger charge is -2.19.